The highest BCUT2D eigenvalue weighted by Gasteiger charge is 2.54. The molecule has 0 bridgehead atoms. The highest BCUT2D eigenvalue weighted by Crippen LogP contribution is 2.57. The summed E-state index contributed by atoms with van der Waals surface area (Å²) in [7, 11) is 9.22. The van der Waals surface area contributed by atoms with Gasteiger partial charge in [0, 0.05) is 17.4 Å². The van der Waals surface area contributed by atoms with E-state index in [1.165, 1.54) is 35.5 Å². The van der Waals surface area contributed by atoms with E-state index in [0.29, 0.717) is 86.2 Å². The Morgan fingerprint density at radius 1 is 0.667 bits per heavy atom. The molecule has 1 saturated heterocycles. The molecule has 60 heavy (non-hydrogen) atoms. The number of hydrogen-bond acceptors (Lipinski definition) is 13. The van der Waals surface area contributed by atoms with E-state index in [0.717, 1.165) is 5.56 Å². The lowest BCUT2D eigenvalue weighted by atomic mass is 9.66. The fourth-order valence-electron chi connectivity index (χ4n) is 8.18. The Morgan fingerprint density at radius 2 is 1.32 bits per heavy atom. The molecule has 1 fully saturated rings. The van der Waals surface area contributed by atoms with E-state index in [-0.39, 0.29) is 19.0 Å². The molecule has 2 aliphatic heterocycles. The Hall–Kier alpha value is -7.02. The zero-order chi connectivity index (χ0) is 41.9. The maximum absolute atomic E-state index is 14.9. The number of fused-ring (bicyclic) bond motifs is 3. The third-order valence-electron chi connectivity index (χ3n) is 11.0. The molecule has 1 aliphatic carbocycles. The predicted molar refractivity (Wildman–Crippen MR) is 218 cm³/mol. The lowest BCUT2D eigenvalue weighted by Gasteiger charge is -2.38. The average molecular weight is 817 g/mol. The summed E-state index contributed by atoms with van der Waals surface area (Å²) in [6, 6.07) is 27.6. The summed E-state index contributed by atoms with van der Waals surface area (Å²) < 4.78 is 64.1. The van der Waals surface area contributed by atoms with Gasteiger partial charge in [-0.15, -0.1) is 0 Å². The molecule has 2 heterocycles. The minimum absolute atomic E-state index is 0.00620. The van der Waals surface area contributed by atoms with Gasteiger partial charge in [0.15, 0.2) is 46.0 Å². The van der Waals surface area contributed by atoms with Gasteiger partial charge in [0.05, 0.1) is 60.8 Å². The standard InChI is InChI=1S/C47H44O13/c1-50-34-15-13-28(18-36(34)52-3)30(16-27-12-14-35(51-2)37(17-27)56-23-26-10-8-7-9-11-26)46(48)60-44-32-22-39-38(58-25-59-39)21-31(32)42(43-33(44)24-57-47(43)49)29-19-40(53-4)45(55-6)41(20-29)54-5/h7-22,33,42-44H,23-25H2,1-6H3/b30-16+/t33-,42+,43-,44-/m0/s1. The molecular weight excluding hydrogens is 773 g/mol. The number of methoxy groups -OCH3 is 6. The first-order valence-electron chi connectivity index (χ1n) is 19.2. The number of carbonyl (C=O) groups excluding carboxylic acids is 2. The molecule has 13 heteroatoms. The first-order valence-corrected chi connectivity index (χ1v) is 19.2. The van der Waals surface area contributed by atoms with Gasteiger partial charge in [-0.3, -0.25) is 4.79 Å². The third kappa shape index (κ3) is 7.42. The fourth-order valence-corrected chi connectivity index (χ4v) is 8.18. The molecule has 3 aliphatic rings. The number of cyclic esters (lactones) is 1. The van der Waals surface area contributed by atoms with Crippen LogP contribution in [0.25, 0.3) is 11.6 Å². The predicted octanol–water partition coefficient (Wildman–Crippen LogP) is 7.81. The van der Waals surface area contributed by atoms with Crippen molar-refractivity contribution in [1.29, 1.82) is 0 Å². The smallest absolute Gasteiger partial charge is 0.339 e. The first-order chi connectivity index (χ1) is 29.3. The highest BCUT2D eigenvalue weighted by molar-refractivity contribution is 6.21. The van der Waals surface area contributed by atoms with Gasteiger partial charge in [-0.1, -0.05) is 42.5 Å². The Bertz CT molecular complexity index is 2420. The van der Waals surface area contributed by atoms with E-state index in [9.17, 15) is 9.59 Å². The van der Waals surface area contributed by atoms with Crippen LogP contribution >= 0.6 is 0 Å². The Kier molecular flexibility index (Phi) is 11.3. The molecular formula is C47H44O13. The van der Waals surface area contributed by atoms with Gasteiger partial charge in [0.1, 0.15) is 12.7 Å². The van der Waals surface area contributed by atoms with Crippen molar-refractivity contribution in [1.82, 2.24) is 0 Å². The molecule has 4 atom stereocenters. The monoisotopic (exact) mass is 816 g/mol. The molecule has 0 radical (unpaired) electrons. The second kappa shape index (κ2) is 17.1. The maximum atomic E-state index is 14.9. The molecule has 0 spiro atoms. The van der Waals surface area contributed by atoms with Crippen LogP contribution in [-0.4, -0.2) is 68.0 Å². The number of rotatable bonds is 14. The number of benzene rings is 5. The van der Waals surface area contributed by atoms with Gasteiger partial charge >= 0.3 is 11.9 Å². The van der Waals surface area contributed by atoms with Crippen LogP contribution in [0.3, 0.4) is 0 Å². The Balaban J connectivity index is 1.23. The van der Waals surface area contributed by atoms with E-state index < -0.39 is 35.8 Å². The summed E-state index contributed by atoms with van der Waals surface area (Å²) in [5.41, 5.74) is 4.34. The Morgan fingerprint density at radius 3 is 1.98 bits per heavy atom. The molecule has 0 unspecified atom stereocenters. The van der Waals surface area contributed by atoms with Crippen molar-refractivity contribution in [3.05, 3.63) is 124 Å². The van der Waals surface area contributed by atoms with Crippen molar-refractivity contribution in [3.8, 4) is 51.7 Å². The van der Waals surface area contributed by atoms with E-state index in [2.05, 4.69) is 0 Å². The van der Waals surface area contributed by atoms with E-state index in [4.69, 9.17) is 52.1 Å². The minimum atomic E-state index is -0.944. The van der Waals surface area contributed by atoms with Gasteiger partial charge in [-0.25, -0.2) is 4.79 Å². The summed E-state index contributed by atoms with van der Waals surface area (Å²) in [5.74, 6) is 1.09. The molecule has 0 aromatic heterocycles. The lowest BCUT2D eigenvalue weighted by molar-refractivity contribution is -0.147. The number of carbonyl (C=O) groups is 2. The number of ether oxygens (including phenoxy) is 11. The van der Waals surface area contributed by atoms with E-state index >= 15 is 0 Å². The summed E-state index contributed by atoms with van der Waals surface area (Å²) in [4.78, 5) is 28.8. The average Bonchev–Trinajstić information content (AvgIpc) is 3.92. The number of esters is 2. The largest absolute Gasteiger partial charge is 0.493 e. The van der Waals surface area contributed by atoms with E-state index in [1.807, 2.05) is 60.7 Å². The van der Waals surface area contributed by atoms with Crippen LogP contribution in [0.5, 0.6) is 51.7 Å². The lowest BCUT2D eigenvalue weighted by Crippen LogP contribution is -2.36. The van der Waals surface area contributed by atoms with Gasteiger partial charge in [0.2, 0.25) is 12.5 Å². The maximum Gasteiger partial charge on any atom is 0.339 e. The summed E-state index contributed by atoms with van der Waals surface area (Å²) in [6.45, 7) is 0.318. The molecule has 0 amide bonds. The van der Waals surface area contributed by atoms with Gasteiger partial charge < -0.3 is 52.1 Å². The first kappa shape index (κ1) is 39.8. The van der Waals surface area contributed by atoms with Gasteiger partial charge in [0.25, 0.3) is 0 Å². The molecule has 0 N–H and O–H groups in total. The van der Waals surface area contributed by atoms with Crippen LogP contribution in [0.2, 0.25) is 0 Å². The van der Waals surface area contributed by atoms with Gasteiger partial charge in [-0.05, 0) is 82.4 Å². The molecule has 0 saturated carbocycles. The molecule has 13 nitrogen and oxygen atoms in total. The van der Waals surface area contributed by atoms with Crippen molar-refractivity contribution in [2.24, 2.45) is 11.8 Å². The zero-order valence-electron chi connectivity index (χ0n) is 34.0. The summed E-state index contributed by atoms with van der Waals surface area (Å²) >= 11 is 0. The van der Waals surface area contributed by atoms with Crippen molar-refractivity contribution < 1.29 is 61.7 Å². The second-order valence-corrected chi connectivity index (χ2v) is 14.2. The Labute approximate surface area is 347 Å². The second-order valence-electron chi connectivity index (χ2n) is 14.2. The number of hydrogen-bond donors (Lipinski definition) is 0. The van der Waals surface area contributed by atoms with Crippen LogP contribution in [0.4, 0.5) is 0 Å². The van der Waals surface area contributed by atoms with Crippen LogP contribution in [-0.2, 0) is 25.7 Å². The fraction of sp³-hybridized carbons (Fsp3) is 0.277. The molecule has 5 aromatic rings. The summed E-state index contributed by atoms with van der Waals surface area (Å²) in [5, 5.41) is 0. The van der Waals surface area contributed by atoms with Crippen molar-refractivity contribution in [3.63, 3.8) is 0 Å². The third-order valence-corrected chi connectivity index (χ3v) is 11.0. The van der Waals surface area contributed by atoms with Crippen LogP contribution in [0.1, 0.15) is 45.4 Å². The van der Waals surface area contributed by atoms with Gasteiger partial charge in [-0.2, -0.15) is 0 Å². The highest BCUT2D eigenvalue weighted by atomic mass is 16.7. The minimum Gasteiger partial charge on any atom is -0.493 e. The van der Waals surface area contributed by atoms with Crippen LogP contribution < -0.4 is 42.6 Å². The quantitative estimate of drug-likeness (QED) is 0.0613. The molecule has 8 rings (SSSR count). The normalized spacial score (nSPS) is 18.7. The topological polar surface area (TPSA) is 136 Å². The van der Waals surface area contributed by atoms with Crippen molar-refractivity contribution >= 4 is 23.6 Å². The molecule has 310 valence electrons. The van der Waals surface area contributed by atoms with E-state index in [1.54, 1.807) is 43.5 Å². The van der Waals surface area contributed by atoms with Crippen molar-refractivity contribution in [2.75, 3.05) is 56.1 Å². The molecule has 5 aromatic carbocycles. The van der Waals surface area contributed by atoms with Crippen LogP contribution in [0, 0.1) is 11.8 Å². The van der Waals surface area contributed by atoms with Crippen molar-refractivity contribution in [2.45, 2.75) is 18.6 Å². The zero-order valence-corrected chi connectivity index (χ0v) is 34.0. The van der Waals surface area contributed by atoms with Crippen LogP contribution in [0.15, 0.2) is 91.0 Å². The SMILES string of the molecule is COc1ccc(/C(=C\c2ccc(OC)c(OCc3ccccc3)c2)C(=O)O[C@H]2c3cc4c(cc3[C@@H](c3cc(OC)c(OC)c(OC)c3)[C@H]3C(=O)OC[C@@H]32)OCO4)cc1OC. The summed E-state index contributed by atoms with van der Waals surface area (Å²) in [6.07, 6.45) is 0.773.